The molecule has 134 valence electrons. The van der Waals surface area contributed by atoms with Crippen molar-refractivity contribution in [1.82, 2.24) is 10.3 Å². The first-order chi connectivity index (χ1) is 12.1. The Kier molecular flexibility index (Phi) is 6.02. The number of hydrogen-bond donors (Lipinski definition) is 2. The van der Waals surface area contributed by atoms with Gasteiger partial charge in [-0.3, -0.25) is 9.59 Å². The lowest BCUT2D eigenvalue weighted by Gasteiger charge is -2.22. The van der Waals surface area contributed by atoms with Gasteiger partial charge in [0.05, 0.1) is 16.6 Å². The van der Waals surface area contributed by atoms with Gasteiger partial charge in [0, 0.05) is 12.5 Å². The van der Waals surface area contributed by atoms with Crippen LogP contribution in [-0.4, -0.2) is 22.8 Å². The van der Waals surface area contributed by atoms with Gasteiger partial charge in [-0.1, -0.05) is 43.6 Å². The van der Waals surface area contributed by atoms with Crippen molar-refractivity contribution in [2.45, 2.75) is 64.3 Å². The zero-order chi connectivity index (χ0) is 17.6. The first-order valence-electron chi connectivity index (χ1n) is 9.12. The minimum atomic E-state index is -0.00589. The molecule has 1 heterocycles. The summed E-state index contributed by atoms with van der Waals surface area (Å²) in [5.41, 5.74) is 1.84. The largest absolute Gasteiger partial charge is 0.353 e. The molecule has 2 N–H and O–H groups in total. The van der Waals surface area contributed by atoms with E-state index in [9.17, 15) is 9.59 Å². The molecule has 3 rings (SSSR count). The number of fused-ring (bicyclic) bond motifs is 1. The fourth-order valence-electron chi connectivity index (χ4n) is 3.25. The van der Waals surface area contributed by atoms with Gasteiger partial charge in [0.2, 0.25) is 11.8 Å². The molecule has 0 aliphatic heterocycles. The van der Waals surface area contributed by atoms with Crippen molar-refractivity contribution >= 4 is 38.5 Å². The van der Waals surface area contributed by atoms with E-state index >= 15 is 0 Å². The van der Waals surface area contributed by atoms with Gasteiger partial charge in [0.1, 0.15) is 0 Å². The molecule has 0 unspecified atom stereocenters. The summed E-state index contributed by atoms with van der Waals surface area (Å²) in [6, 6.07) is 6.21. The highest BCUT2D eigenvalue weighted by Crippen LogP contribution is 2.27. The molecular formula is C19H25N3O2S. The highest BCUT2D eigenvalue weighted by Gasteiger charge is 2.16. The molecule has 1 aliphatic carbocycles. The molecule has 0 atom stereocenters. The van der Waals surface area contributed by atoms with E-state index in [4.69, 9.17) is 0 Å². The molecule has 25 heavy (non-hydrogen) atoms. The lowest BCUT2D eigenvalue weighted by atomic mass is 9.95. The molecule has 1 aliphatic rings. The normalized spacial score (nSPS) is 15.2. The van der Waals surface area contributed by atoms with Crippen molar-refractivity contribution < 1.29 is 9.59 Å². The fraction of sp³-hybridized carbons (Fsp3) is 0.526. The number of carbonyl (C=O) groups excluding carboxylic acids is 2. The number of carbonyl (C=O) groups is 2. The molecule has 6 heteroatoms. The van der Waals surface area contributed by atoms with Gasteiger partial charge in [0.15, 0.2) is 5.13 Å². The van der Waals surface area contributed by atoms with Crippen LogP contribution < -0.4 is 10.6 Å². The Labute approximate surface area is 152 Å². The molecule has 1 aromatic heterocycles. The van der Waals surface area contributed by atoms with Crippen molar-refractivity contribution in [3.63, 3.8) is 0 Å². The highest BCUT2D eigenvalue weighted by molar-refractivity contribution is 7.22. The molecule has 5 nitrogen and oxygen atoms in total. The smallest absolute Gasteiger partial charge is 0.226 e. The van der Waals surface area contributed by atoms with Crippen LogP contribution in [0.2, 0.25) is 0 Å². The predicted octanol–water partition coefficient (Wildman–Crippen LogP) is 4.03. The second-order valence-electron chi connectivity index (χ2n) is 6.70. The van der Waals surface area contributed by atoms with Crippen molar-refractivity contribution in [3.8, 4) is 0 Å². The van der Waals surface area contributed by atoms with Crippen LogP contribution in [0.15, 0.2) is 18.2 Å². The van der Waals surface area contributed by atoms with Crippen molar-refractivity contribution in [2.24, 2.45) is 0 Å². The van der Waals surface area contributed by atoms with Crippen LogP contribution in [0.4, 0.5) is 5.13 Å². The molecule has 1 saturated carbocycles. The average molecular weight is 359 g/mol. The number of benzene rings is 1. The molecule has 0 spiro atoms. The van der Waals surface area contributed by atoms with Crippen LogP contribution in [0.5, 0.6) is 0 Å². The van der Waals surface area contributed by atoms with E-state index in [1.54, 1.807) is 0 Å². The monoisotopic (exact) mass is 359 g/mol. The first-order valence-corrected chi connectivity index (χ1v) is 9.94. The number of anilines is 1. The summed E-state index contributed by atoms with van der Waals surface area (Å²) in [6.45, 7) is 1.97. The number of nitrogens with one attached hydrogen (secondary N) is 2. The molecule has 2 aromatic rings. The standard InChI is InChI=1S/C19H25N3O2S/c1-2-6-17(23)22-19-21-15-10-9-13(11-16(15)25-19)12-18(24)20-14-7-4-3-5-8-14/h9-11,14H,2-8,12H2,1H3,(H,20,24)(H,21,22,23). The molecule has 0 radical (unpaired) electrons. The first kappa shape index (κ1) is 17.9. The SMILES string of the molecule is CCCC(=O)Nc1nc2ccc(CC(=O)NC3CCCCC3)cc2s1. The average Bonchev–Trinajstić information content (AvgIpc) is 2.97. The Morgan fingerprint density at radius 1 is 1.20 bits per heavy atom. The maximum absolute atomic E-state index is 12.3. The third-order valence-electron chi connectivity index (χ3n) is 4.51. The number of hydrogen-bond acceptors (Lipinski definition) is 4. The van der Waals surface area contributed by atoms with E-state index in [0.29, 0.717) is 24.0 Å². The predicted molar refractivity (Wildman–Crippen MR) is 102 cm³/mol. The number of rotatable bonds is 6. The van der Waals surface area contributed by atoms with Crippen molar-refractivity contribution in [3.05, 3.63) is 23.8 Å². The topological polar surface area (TPSA) is 71.1 Å². The number of aromatic nitrogens is 1. The Balaban J connectivity index is 1.62. The van der Waals surface area contributed by atoms with Crippen molar-refractivity contribution in [1.29, 1.82) is 0 Å². The Bertz CT molecular complexity index is 750. The maximum Gasteiger partial charge on any atom is 0.226 e. The van der Waals surface area contributed by atoms with Crippen LogP contribution in [0.3, 0.4) is 0 Å². The van der Waals surface area contributed by atoms with E-state index < -0.39 is 0 Å². The summed E-state index contributed by atoms with van der Waals surface area (Å²) < 4.78 is 0.995. The molecule has 0 bridgehead atoms. The lowest BCUT2D eigenvalue weighted by molar-refractivity contribution is -0.121. The molecular weight excluding hydrogens is 334 g/mol. The number of amides is 2. The zero-order valence-electron chi connectivity index (χ0n) is 14.6. The number of nitrogens with zero attached hydrogens (tertiary/aromatic N) is 1. The quantitative estimate of drug-likeness (QED) is 0.818. The lowest BCUT2D eigenvalue weighted by Crippen LogP contribution is -2.37. The molecule has 1 fully saturated rings. The van der Waals surface area contributed by atoms with Crippen LogP contribution in [-0.2, 0) is 16.0 Å². The maximum atomic E-state index is 12.3. The minimum Gasteiger partial charge on any atom is -0.353 e. The molecule has 1 aromatic carbocycles. The van der Waals surface area contributed by atoms with E-state index in [0.717, 1.165) is 35.0 Å². The third kappa shape index (κ3) is 5.01. The summed E-state index contributed by atoms with van der Waals surface area (Å²) in [4.78, 5) is 28.4. The fourth-order valence-corrected chi connectivity index (χ4v) is 4.20. The van der Waals surface area contributed by atoms with Crippen molar-refractivity contribution in [2.75, 3.05) is 5.32 Å². The van der Waals surface area contributed by atoms with Gasteiger partial charge < -0.3 is 10.6 Å². The third-order valence-corrected chi connectivity index (χ3v) is 5.44. The van der Waals surface area contributed by atoms with Crippen LogP contribution in [0.1, 0.15) is 57.4 Å². The highest BCUT2D eigenvalue weighted by atomic mass is 32.1. The van der Waals surface area contributed by atoms with E-state index in [-0.39, 0.29) is 11.8 Å². The second-order valence-corrected chi connectivity index (χ2v) is 7.73. The second kappa shape index (κ2) is 8.43. The van der Waals surface area contributed by atoms with Gasteiger partial charge in [-0.05, 0) is 37.0 Å². The van der Waals surface area contributed by atoms with Gasteiger partial charge in [-0.15, -0.1) is 0 Å². The van der Waals surface area contributed by atoms with Crippen LogP contribution in [0, 0.1) is 0 Å². The molecule has 2 amide bonds. The summed E-state index contributed by atoms with van der Waals surface area (Å²) in [6.07, 6.45) is 7.61. The Morgan fingerprint density at radius 3 is 2.76 bits per heavy atom. The number of thiazole rings is 1. The van der Waals surface area contributed by atoms with Gasteiger partial charge >= 0.3 is 0 Å². The summed E-state index contributed by atoms with van der Waals surface area (Å²) in [5.74, 6) is 0.0841. The summed E-state index contributed by atoms with van der Waals surface area (Å²) in [7, 11) is 0. The van der Waals surface area contributed by atoms with E-state index in [2.05, 4.69) is 15.6 Å². The molecule has 0 saturated heterocycles. The Morgan fingerprint density at radius 2 is 2.00 bits per heavy atom. The van der Waals surface area contributed by atoms with Gasteiger partial charge in [-0.2, -0.15) is 0 Å². The van der Waals surface area contributed by atoms with Gasteiger partial charge in [0.25, 0.3) is 0 Å². The van der Waals surface area contributed by atoms with Crippen LogP contribution >= 0.6 is 11.3 Å². The minimum absolute atomic E-state index is 0.00589. The zero-order valence-corrected chi connectivity index (χ0v) is 15.5. The summed E-state index contributed by atoms with van der Waals surface area (Å²) in [5, 5.41) is 6.61. The van der Waals surface area contributed by atoms with Crippen LogP contribution in [0.25, 0.3) is 10.2 Å². The van der Waals surface area contributed by atoms with E-state index in [1.165, 1.54) is 30.6 Å². The summed E-state index contributed by atoms with van der Waals surface area (Å²) >= 11 is 1.45. The van der Waals surface area contributed by atoms with E-state index in [1.807, 2.05) is 25.1 Å². The Hall–Kier alpha value is -1.95. The van der Waals surface area contributed by atoms with Gasteiger partial charge in [-0.25, -0.2) is 4.98 Å².